The Morgan fingerprint density at radius 2 is 1.72 bits per heavy atom. The zero-order valence-electron chi connectivity index (χ0n) is 19.7. The molecule has 2 N–H and O–H groups in total. The smallest absolute Gasteiger partial charge is 0.0759 e. The molecule has 4 rings (SSSR count). The molecule has 0 aromatic rings. The Morgan fingerprint density at radius 1 is 0.966 bits per heavy atom. The molecule has 0 radical (unpaired) electrons. The lowest BCUT2D eigenvalue weighted by atomic mass is 9.46. The van der Waals surface area contributed by atoms with E-state index in [0.29, 0.717) is 17.3 Å². The Hall–Kier alpha value is -0.340. The molecule has 0 saturated heterocycles. The average molecular weight is 403 g/mol. The van der Waals surface area contributed by atoms with Gasteiger partial charge in [0.2, 0.25) is 0 Å². The van der Waals surface area contributed by atoms with Gasteiger partial charge >= 0.3 is 0 Å². The predicted octanol–water partition coefficient (Wildman–Crippen LogP) is 6.36. The first-order valence-corrected chi connectivity index (χ1v) is 12.7. The average Bonchev–Trinajstić information content (AvgIpc) is 3.00. The molecule has 0 aromatic heterocycles. The van der Waals surface area contributed by atoms with Crippen molar-refractivity contribution in [3.8, 4) is 0 Å². The zero-order valence-corrected chi connectivity index (χ0v) is 19.7. The molecule has 0 aromatic carbocycles. The van der Waals surface area contributed by atoms with Crippen LogP contribution in [0.25, 0.3) is 0 Å². The van der Waals surface area contributed by atoms with E-state index in [1.54, 1.807) is 0 Å². The number of hydrogen-bond donors (Lipinski definition) is 2. The molecular weight excluding hydrogens is 356 g/mol. The Kier molecular flexibility index (Phi) is 6.01. The maximum absolute atomic E-state index is 11.1. The SMILES string of the molecule is CC(C)CCC[C@H](C)[C@@H]1CC[C@@H]2[C@H]3C[C@H](O)C4=C[C@@H](O)CC[C@]4(C)[C@@H]3CC[C@@]21C. The monoisotopic (exact) mass is 402 g/mol. The van der Waals surface area contributed by atoms with Gasteiger partial charge in [0.15, 0.2) is 0 Å². The van der Waals surface area contributed by atoms with Crippen molar-refractivity contribution in [1.29, 1.82) is 0 Å². The minimum Gasteiger partial charge on any atom is -0.389 e. The van der Waals surface area contributed by atoms with Gasteiger partial charge < -0.3 is 10.2 Å². The number of aliphatic hydroxyl groups is 2. The lowest BCUT2D eigenvalue weighted by molar-refractivity contribution is -0.0874. The van der Waals surface area contributed by atoms with Gasteiger partial charge in [0.05, 0.1) is 12.2 Å². The Balaban J connectivity index is 1.52. The van der Waals surface area contributed by atoms with Crippen molar-refractivity contribution in [3.63, 3.8) is 0 Å². The van der Waals surface area contributed by atoms with E-state index in [4.69, 9.17) is 0 Å². The van der Waals surface area contributed by atoms with Crippen LogP contribution in [0, 0.1) is 46.3 Å². The highest BCUT2D eigenvalue weighted by Crippen LogP contribution is 2.67. The molecule has 0 amide bonds. The molecule has 4 aliphatic rings. The summed E-state index contributed by atoms with van der Waals surface area (Å²) < 4.78 is 0. The number of rotatable bonds is 5. The van der Waals surface area contributed by atoms with E-state index in [1.165, 1.54) is 50.5 Å². The van der Waals surface area contributed by atoms with E-state index in [2.05, 4.69) is 34.6 Å². The van der Waals surface area contributed by atoms with E-state index in [0.717, 1.165) is 42.9 Å². The first-order chi connectivity index (χ1) is 13.7. The fourth-order valence-corrected chi connectivity index (χ4v) is 8.78. The molecule has 0 spiro atoms. The third kappa shape index (κ3) is 3.65. The summed E-state index contributed by atoms with van der Waals surface area (Å²) in [5, 5.41) is 21.3. The fraction of sp³-hybridized carbons (Fsp3) is 0.926. The highest BCUT2D eigenvalue weighted by atomic mass is 16.3. The fourth-order valence-electron chi connectivity index (χ4n) is 8.78. The molecule has 29 heavy (non-hydrogen) atoms. The summed E-state index contributed by atoms with van der Waals surface area (Å²) in [6, 6.07) is 0. The van der Waals surface area contributed by atoms with E-state index in [9.17, 15) is 10.2 Å². The molecule has 166 valence electrons. The summed E-state index contributed by atoms with van der Waals surface area (Å²) in [5.41, 5.74) is 1.77. The second-order valence-electron chi connectivity index (χ2n) is 12.3. The minimum absolute atomic E-state index is 0.115. The standard InChI is InChI=1S/C27H46O2/c1-17(2)7-6-8-18(3)21-9-10-22-20-16-25(29)24-15-19(28)11-13-27(24,5)23(20)12-14-26(21,22)4/h15,17-23,25,28-29H,6-14,16H2,1-5H3/t18-,19-,20+,21-,22+,23+,25-,26+,27+/m0/s1. The second-order valence-corrected chi connectivity index (χ2v) is 12.3. The van der Waals surface area contributed by atoms with Crippen molar-refractivity contribution in [2.45, 2.75) is 111 Å². The van der Waals surface area contributed by atoms with E-state index in [1.807, 2.05) is 6.08 Å². The van der Waals surface area contributed by atoms with E-state index in [-0.39, 0.29) is 17.6 Å². The van der Waals surface area contributed by atoms with Gasteiger partial charge in [0.25, 0.3) is 0 Å². The van der Waals surface area contributed by atoms with Crippen LogP contribution in [0.4, 0.5) is 0 Å². The molecule has 9 atom stereocenters. The topological polar surface area (TPSA) is 40.5 Å². The van der Waals surface area contributed by atoms with Gasteiger partial charge in [-0.3, -0.25) is 0 Å². The van der Waals surface area contributed by atoms with Crippen LogP contribution < -0.4 is 0 Å². The van der Waals surface area contributed by atoms with E-state index < -0.39 is 0 Å². The van der Waals surface area contributed by atoms with Gasteiger partial charge in [-0.15, -0.1) is 0 Å². The van der Waals surface area contributed by atoms with Gasteiger partial charge in [-0.25, -0.2) is 0 Å². The molecule has 0 heterocycles. The number of hydrogen-bond acceptors (Lipinski definition) is 2. The molecule has 4 aliphatic carbocycles. The van der Waals surface area contributed by atoms with Crippen LogP contribution in [-0.2, 0) is 0 Å². The quantitative estimate of drug-likeness (QED) is 0.525. The van der Waals surface area contributed by atoms with Crippen LogP contribution in [0.15, 0.2) is 11.6 Å². The van der Waals surface area contributed by atoms with Crippen molar-refractivity contribution in [2.24, 2.45) is 46.3 Å². The highest BCUT2D eigenvalue weighted by molar-refractivity contribution is 5.29. The predicted molar refractivity (Wildman–Crippen MR) is 120 cm³/mol. The van der Waals surface area contributed by atoms with Gasteiger partial charge in [-0.1, -0.05) is 60.0 Å². The molecule has 3 saturated carbocycles. The lowest BCUT2D eigenvalue weighted by Gasteiger charge is -2.60. The summed E-state index contributed by atoms with van der Waals surface area (Å²) in [4.78, 5) is 0. The first-order valence-electron chi connectivity index (χ1n) is 12.7. The molecule has 3 fully saturated rings. The van der Waals surface area contributed by atoms with Gasteiger partial charge in [-0.05, 0) is 96.9 Å². The Morgan fingerprint density at radius 3 is 2.45 bits per heavy atom. The first kappa shape index (κ1) is 21.9. The molecule has 0 aliphatic heterocycles. The van der Waals surface area contributed by atoms with Crippen LogP contribution >= 0.6 is 0 Å². The maximum Gasteiger partial charge on any atom is 0.0759 e. The molecule has 0 bridgehead atoms. The molecular formula is C27H46O2. The summed E-state index contributed by atoms with van der Waals surface area (Å²) >= 11 is 0. The van der Waals surface area contributed by atoms with Gasteiger partial charge in [0, 0.05) is 0 Å². The third-order valence-electron chi connectivity index (χ3n) is 10.3. The molecule has 2 heteroatoms. The van der Waals surface area contributed by atoms with Crippen molar-refractivity contribution >= 4 is 0 Å². The van der Waals surface area contributed by atoms with Crippen molar-refractivity contribution in [2.75, 3.05) is 0 Å². The van der Waals surface area contributed by atoms with Crippen LogP contribution in [0.5, 0.6) is 0 Å². The normalized spacial score (nSPS) is 47.9. The van der Waals surface area contributed by atoms with Crippen LogP contribution in [0.1, 0.15) is 98.8 Å². The van der Waals surface area contributed by atoms with Crippen molar-refractivity contribution in [1.82, 2.24) is 0 Å². The summed E-state index contributed by atoms with van der Waals surface area (Å²) in [7, 11) is 0. The highest BCUT2D eigenvalue weighted by Gasteiger charge is 2.60. The van der Waals surface area contributed by atoms with Crippen LogP contribution in [-0.4, -0.2) is 22.4 Å². The Labute approximate surface area is 179 Å². The van der Waals surface area contributed by atoms with Gasteiger partial charge in [-0.2, -0.15) is 0 Å². The van der Waals surface area contributed by atoms with Crippen molar-refractivity contribution < 1.29 is 10.2 Å². The lowest BCUT2D eigenvalue weighted by Crippen LogP contribution is -2.54. The van der Waals surface area contributed by atoms with Crippen LogP contribution in [0.3, 0.4) is 0 Å². The van der Waals surface area contributed by atoms with Gasteiger partial charge in [0.1, 0.15) is 0 Å². The largest absolute Gasteiger partial charge is 0.389 e. The second kappa shape index (κ2) is 7.97. The minimum atomic E-state index is -0.347. The van der Waals surface area contributed by atoms with Crippen LogP contribution in [0.2, 0.25) is 0 Å². The zero-order chi connectivity index (χ0) is 21.0. The number of fused-ring (bicyclic) bond motifs is 5. The summed E-state index contributed by atoms with van der Waals surface area (Å²) in [6.07, 6.45) is 13.8. The maximum atomic E-state index is 11.1. The number of aliphatic hydroxyl groups excluding tert-OH is 2. The molecule has 0 unspecified atom stereocenters. The third-order valence-corrected chi connectivity index (χ3v) is 10.3. The van der Waals surface area contributed by atoms with Crippen molar-refractivity contribution in [3.05, 3.63) is 11.6 Å². The summed E-state index contributed by atoms with van der Waals surface area (Å²) in [6.45, 7) is 12.3. The molecule has 2 nitrogen and oxygen atoms in total. The summed E-state index contributed by atoms with van der Waals surface area (Å²) in [5.74, 6) is 4.70. The Bertz CT molecular complexity index is 624. The van der Waals surface area contributed by atoms with E-state index >= 15 is 0 Å².